The van der Waals surface area contributed by atoms with Gasteiger partial charge in [0.05, 0.1) is 51.1 Å². The topological polar surface area (TPSA) is 171 Å². The molecule has 0 spiro atoms. The van der Waals surface area contributed by atoms with Gasteiger partial charge in [0.15, 0.2) is 6.23 Å². The van der Waals surface area contributed by atoms with Gasteiger partial charge in [-0.15, -0.1) is 0 Å². The average Bonchev–Trinajstić information content (AvgIpc) is 2.61. The van der Waals surface area contributed by atoms with Gasteiger partial charge in [0.2, 0.25) is 0 Å². The van der Waals surface area contributed by atoms with Crippen molar-refractivity contribution in [1.29, 1.82) is 0 Å². The van der Waals surface area contributed by atoms with Crippen molar-refractivity contribution in [1.82, 2.24) is 0 Å². The molecule has 0 fully saturated rings. The van der Waals surface area contributed by atoms with Crippen LogP contribution in [-0.4, -0.2) is 75.7 Å². The monoisotopic (exact) mass is 407 g/mol. The number of rotatable bonds is 12. The van der Waals surface area contributed by atoms with Gasteiger partial charge in [-0.25, -0.2) is 0 Å². The summed E-state index contributed by atoms with van der Waals surface area (Å²) in [7, 11) is -4.02. The molecule has 0 saturated heterocycles. The predicted octanol–water partition coefficient (Wildman–Crippen LogP) is 0.899. The fourth-order valence-corrected chi connectivity index (χ4v) is 1.98. The molecule has 0 heterocycles. The molecule has 0 aliphatic heterocycles. The number of nitrogens with zero attached hydrogens (tertiary/aromatic N) is 3. The molecular weight excluding hydrogens is 382 g/mol. The summed E-state index contributed by atoms with van der Waals surface area (Å²) in [5, 5.41) is 20.3. The highest BCUT2D eigenvalue weighted by atomic mass is 32.2. The first-order chi connectivity index (χ1) is 12.8. The zero-order valence-electron chi connectivity index (χ0n) is 15.0. The van der Waals surface area contributed by atoms with Crippen LogP contribution in [0.15, 0.2) is 34.3 Å². The number of aryl methyl sites for hydroxylation is 1. The summed E-state index contributed by atoms with van der Waals surface area (Å²) in [4.78, 5) is 2.35. The standard InChI is InChI=1S/C8H17N3O5.C7H8O3S/c9-11-10-8(13)7-16-6-5-15-4-3-14-2-1-12;1-6-2-4-7(5-3-6)11(8,9)10/h8,12-13H,1-7H2;2-5H,1H3,(H,8,9,10). The molecule has 0 saturated carbocycles. The minimum atomic E-state index is -4.02. The van der Waals surface area contributed by atoms with E-state index in [1.807, 2.05) is 6.92 Å². The SMILES string of the molecule is Cc1ccc(S(=O)(=O)O)cc1.[N-]=[N+]=NC(O)COCCOCCOCCO. The van der Waals surface area contributed by atoms with E-state index in [0.29, 0.717) is 33.0 Å². The minimum Gasteiger partial charge on any atom is -0.394 e. The van der Waals surface area contributed by atoms with E-state index in [0.717, 1.165) is 5.56 Å². The number of aliphatic hydroxyl groups excluding tert-OH is 2. The van der Waals surface area contributed by atoms with Crippen molar-refractivity contribution in [3.05, 3.63) is 40.3 Å². The van der Waals surface area contributed by atoms with Crippen LogP contribution in [0.5, 0.6) is 0 Å². The third-order valence-corrected chi connectivity index (χ3v) is 3.62. The normalized spacial score (nSPS) is 11.9. The van der Waals surface area contributed by atoms with Crippen molar-refractivity contribution in [3.63, 3.8) is 0 Å². The summed E-state index contributed by atoms with van der Waals surface area (Å²) in [5.74, 6) is 0. The summed E-state index contributed by atoms with van der Waals surface area (Å²) in [6, 6.07) is 5.99. The Hall–Kier alpha value is -1.76. The van der Waals surface area contributed by atoms with Crippen molar-refractivity contribution in [3.8, 4) is 0 Å². The molecule has 1 rings (SSSR count). The van der Waals surface area contributed by atoms with Gasteiger partial charge >= 0.3 is 0 Å². The van der Waals surface area contributed by atoms with Crippen molar-refractivity contribution >= 4 is 10.1 Å². The van der Waals surface area contributed by atoms with E-state index >= 15 is 0 Å². The Balaban J connectivity index is 0.000000533. The van der Waals surface area contributed by atoms with E-state index in [-0.39, 0.29) is 18.1 Å². The molecule has 11 nitrogen and oxygen atoms in total. The van der Waals surface area contributed by atoms with Gasteiger partial charge in [-0.1, -0.05) is 22.8 Å². The highest BCUT2D eigenvalue weighted by Crippen LogP contribution is 2.08. The van der Waals surface area contributed by atoms with Crippen LogP contribution in [-0.2, 0) is 24.3 Å². The van der Waals surface area contributed by atoms with Crippen LogP contribution < -0.4 is 0 Å². The molecule has 1 unspecified atom stereocenters. The van der Waals surface area contributed by atoms with Crippen molar-refractivity contribution < 1.29 is 37.4 Å². The lowest BCUT2D eigenvalue weighted by molar-refractivity contribution is -0.0112. The van der Waals surface area contributed by atoms with Crippen LogP contribution in [0.4, 0.5) is 0 Å². The van der Waals surface area contributed by atoms with E-state index in [1.165, 1.54) is 12.1 Å². The molecule has 154 valence electrons. The largest absolute Gasteiger partial charge is 0.394 e. The van der Waals surface area contributed by atoms with Gasteiger partial charge in [0.1, 0.15) is 0 Å². The van der Waals surface area contributed by atoms with Crippen molar-refractivity contribution in [2.24, 2.45) is 5.11 Å². The lowest BCUT2D eigenvalue weighted by atomic mass is 10.2. The second-order valence-electron chi connectivity index (χ2n) is 5.00. The molecule has 27 heavy (non-hydrogen) atoms. The molecule has 0 aromatic heterocycles. The molecule has 1 aromatic carbocycles. The summed E-state index contributed by atoms with van der Waals surface area (Å²) < 4.78 is 44.6. The molecule has 0 aliphatic carbocycles. The van der Waals surface area contributed by atoms with Gasteiger partial charge < -0.3 is 24.4 Å². The first kappa shape index (κ1) is 25.2. The number of benzene rings is 1. The Morgan fingerprint density at radius 1 is 1.07 bits per heavy atom. The third kappa shape index (κ3) is 15.0. The van der Waals surface area contributed by atoms with Crippen molar-refractivity contribution in [2.75, 3.05) is 46.2 Å². The maximum Gasteiger partial charge on any atom is 0.294 e. The number of ether oxygens (including phenoxy) is 3. The maximum atomic E-state index is 10.5. The van der Waals surface area contributed by atoms with E-state index in [2.05, 4.69) is 10.0 Å². The van der Waals surface area contributed by atoms with Crippen LogP contribution in [0, 0.1) is 6.92 Å². The van der Waals surface area contributed by atoms with Gasteiger partial charge in [0.25, 0.3) is 10.1 Å². The van der Waals surface area contributed by atoms with E-state index in [9.17, 15) is 8.42 Å². The summed E-state index contributed by atoms with van der Waals surface area (Å²) in [6.07, 6.45) is -1.15. The van der Waals surface area contributed by atoms with Gasteiger partial charge in [-0.2, -0.15) is 8.42 Å². The van der Waals surface area contributed by atoms with Crippen molar-refractivity contribution in [2.45, 2.75) is 18.0 Å². The van der Waals surface area contributed by atoms with E-state index in [4.69, 9.17) is 34.5 Å². The average molecular weight is 407 g/mol. The lowest BCUT2D eigenvalue weighted by Gasteiger charge is -2.07. The third-order valence-electron chi connectivity index (χ3n) is 2.75. The first-order valence-electron chi connectivity index (χ1n) is 7.91. The second kappa shape index (κ2) is 15.3. The fraction of sp³-hybridized carbons (Fsp3) is 0.600. The number of azide groups is 1. The quantitative estimate of drug-likeness (QED) is 0.151. The van der Waals surface area contributed by atoms with Crippen LogP contribution in [0.3, 0.4) is 0 Å². The van der Waals surface area contributed by atoms with Crippen LogP contribution >= 0.6 is 0 Å². The summed E-state index contributed by atoms with van der Waals surface area (Å²) in [6.45, 7) is 3.61. The Bertz CT molecular complexity index is 648. The molecule has 0 bridgehead atoms. The first-order valence-corrected chi connectivity index (χ1v) is 9.35. The van der Waals surface area contributed by atoms with Crippen LogP contribution in [0.25, 0.3) is 10.4 Å². The smallest absolute Gasteiger partial charge is 0.294 e. The summed E-state index contributed by atoms with van der Waals surface area (Å²) >= 11 is 0. The Morgan fingerprint density at radius 3 is 2.07 bits per heavy atom. The maximum absolute atomic E-state index is 10.5. The molecule has 3 N–H and O–H groups in total. The molecule has 1 aromatic rings. The Kier molecular flexibility index (Phi) is 14.3. The number of aliphatic hydroxyl groups is 2. The van der Waals surface area contributed by atoms with E-state index in [1.54, 1.807) is 12.1 Å². The van der Waals surface area contributed by atoms with Crippen LogP contribution in [0.1, 0.15) is 5.56 Å². The molecule has 12 heteroatoms. The Morgan fingerprint density at radius 2 is 1.59 bits per heavy atom. The highest BCUT2D eigenvalue weighted by Gasteiger charge is 2.06. The minimum absolute atomic E-state index is 0.000407. The molecule has 1 atom stereocenters. The molecular formula is C15H25N3O8S. The fourth-order valence-electron chi connectivity index (χ4n) is 1.50. The highest BCUT2D eigenvalue weighted by molar-refractivity contribution is 7.85. The zero-order chi connectivity index (χ0) is 20.5. The lowest BCUT2D eigenvalue weighted by Crippen LogP contribution is -2.15. The molecule has 0 radical (unpaired) electrons. The number of hydrogen-bond acceptors (Lipinski definition) is 8. The molecule has 0 amide bonds. The zero-order valence-corrected chi connectivity index (χ0v) is 15.8. The number of hydrogen-bond donors (Lipinski definition) is 3. The molecule has 0 aliphatic rings. The van der Waals surface area contributed by atoms with E-state index < -0.39 is 16.3 Å². The second-order valence-corrected chi connectivity index (χ2v) is 6.42. The van der Waals surface area contributed by atoms with Gasteiger partial charge in [-0.05, 0) is 24.6 Å². The summed E-state index contributed by atoms with van der Waals surface area (Å²) in [5.41, 5.74) is 8.92. The van der Waals surface area contributed by atoms with Gasteiger partial charge in [-0.3, -0.25) is 4.55 Å². The van der Waals surface area contributed by atoms with Crippen LogP contribution in [0.2, 0.25) is 0 Å². The van der Waals surface area contributed by atoms with Gasteiger partial charge in [0, 0.05) is 4.91 Å². The predicted molar refractivity (Wildman–Crippen MR) is 95.7 cm³/mol. The Labute approximate surface area is 157 Å².